The van der Waals surface area contributed by atoms with Crippen molar-refractivity contribution in [1.29, 1.82) is 0 Å². The van der Waals surface area contributed by atoms with Crippen LogP contribution in [0.25, 0.3) is 16.8 Å². The minimum atomic E-state index is -0.301. The summed E-state index contributed by atoms with van der Waals surface area (Å²) < 4.78 is 1.69. The van der Waals surface area contributed by atoms with E-state index in [1.54, 1.807) is 29.3 Å². The van der Waals surface area contributed by atoms with Gasteiger partial charge in [-0.1, -0.05) is 29.8 Å². The molecule has 2 unspecified atom stereocenters. The summed E-state index contributed by atoms with van der Waals surface area (Å²) in [5, 5.41) is 15.4. The predicted molar refractivity (Wildman–Crippen MR) is 129 cm³/mol. The van der Waals surface area contributed by atoms with E-state index in [1.165, 1.54) is 5.56 Å². The van der Waals surface area contributed by atoms with Crippen molar-refractivity contribution in [1.82, 2.24) is 40.4 Å². The van der Waals surface area contributed by atoms with Gasteiger partial charge in [0.05, 0.1) is 29.7 Å². The van der Waals surface area contributed by atoms with Gasteiger partial charge in [-0.05, 0) is 74.6 Å². The Kier molecular flexibility index (Phi) is 6.74. The van der Waals surface area contributed by atoms with Crippen LogP contribution in [0, 0.1) is 6.92 Å². The van der Waals surface area contributed by atoms with Crippen molar-refractivity contribution in [2.24, 2.45) is 0 Å². The third-order valence-electron chi connectivity index (χ3n) is 5.83. The summed E-state index contributed by atoms with van der Waals surface area (Å²) in [7, 11) is 3.94. The van der Waals surface area contributed by atoms with Crippen molar-refractivity contribution >= 4 is 5.91 Å². The summed E-state index contributed by atoms with van der Waals surface area (Å²) in [4.78, 5) is 23.7. The molecule has 2 atom stereocenters. The molecular formula is C25H28N8O. The van der Waals surface area contributed by atoms with E-state index in [9.17, 15) is 4.79 Å². The highest BCUT2D eigenvalue weighted by molar-refractivity contribution is 5.96. The van der Waals surface area contributed by atoms with Gasteiger partial charge < -0.3 is 5.32 Å². The van der Waals surface area contributed by atoms with E-state index in [0.29, 0.717) is 22.8 Å². The normalized spacial score (nSPS) is 13.0. The highest BCUT2D eigenvalue weighted by Gasteiger charge is 2.20. The maximum Gasteiger partial charge on any atom is 0.251 e. The summed E-state index contributed by atoms with van der Waals surface area (Å²) in [5.74, 6) is 0.467. The molecule has 0 spiro atoms. The SMILES string of the molecule is Cc1ccc(-c2cc(C(=O)NC(C)c3cnccn3)cc(-n3nnnc3C(C)N(C)C)c2)cc1. The van der Waals surface area contributed by atoms with Gasteiger partial charge >= 0.3 is 0 Å². The van der Waals surface area contributed by atoms with Gasteiger partial charge in [0.25, 0.3) is 5.91 Å². The van der Waals surface area contributed by atoms with Crippen LogP contribution in [0.15, 0.2) is 61.1 Å². The Hall–Kier alpha value is -3.98. The number of hydrogen-bond acceptors (Lipinski definition) is 7. The van der Waals surface area contributed by atoms with Gasteiger partial charge in [-0.2, -0.15) is 4.68 Å². The Morgan fingerprint density at radius 3 is 2.47 bits per heavy atom. The first-order valence-electron chi connectivity index (χ1n) is 11.1. The molecule has 0 aliphatic rings. The van der Waals surface area contributed by atoms with E-state index < -0.39 is 0 Å². The van der Waals surface area contributed by atoms with Gasteiger partial charge in [-0.3, -0.25) is 19.7 Å². The standard InChI is InChI=1S/C25H28N8O/c1-16-6-8-19(9-7-16)20-12-21(25(34)28-17(2)23-15-26-10-11-27-23)14-22(13-20)33-24(29-30-31-33)18(3)32(4)5/h6-15,17-18H,1-5H3,(H,28,34). The Morgan fingerprint density at radius 2 is 1.79 bits per heavy atom. The lowest BCUT2D eigenvalue weighted by molar-refractivity contribution is 0.0939. The summed E-state index contributed by atoms with van der Waals surface area (Å²) >= 11 is 0. The number of tetrazole rings is 1. The van der Waals surface area contributed by atoms with Gasteiger partial charge in [0, 0.05) is 18.0 Å². The number of rotatable bonds is 7. The minimum Gasteiger partial charge on any atom is -0.344 e. The molecule has 2 aromatic carbocycles. The van der Waals surface area contributed by atoms with E-state index in [2.05, 4.69) is 42.9 Å². The molecule has 0 fully saturated rings. The second-order valence-electron chi connectivity index (χ2n) is 8.55. The zero-order valence-electron chi connectivity index (χ0n) is 20.0. The zero-order valence-corrected chi connectivity index (χ0v) is 20.0. The number of aryl methyl sites for hydroxylation is 1. The smallest absolute Gasteiger partial charge is 0.251 e. The summed E-state index contributed by atoms with van der Waals surface area (Å²) in [5.41, 5.74) is 4.96. The van der Waals surface area contributed by atoms with Gasteiger partial charge in [-0.15, -0.1) is 5.10 Å². The molecule has 2 aromatic heterocycles. The number of nitrogens with zero attached hydrogens (tertiary/aromatic N) is 7. The van der Waals surface area contributed by atoms with Gasteiger partial charge in [0.2, 0.25) is 0 Å². The van der Waals surface area contributed by atoms with E-state index in [-0.39, 0.29) is 18.0 Å². The monoisotopic (exact) mass is 456 g/mol. The first-order chi connectivity index (χ1) is 16.3. The van der Waals surface area contributed by atoms with E-state index in [4.69, 9.17) is 0 Å². The molecule has 9 heteroatoms. The van der Waals surface area contributed by atoms with Crippen LogP contribution < -0.4 is 5.32 Å². The molecule has 0 saturated carbocycles. The predicted octanol–water partition coefficient (Wildman–Crippen LogP) is 3.54. The molecule has 4 rings (SSSR count). The van der Waals surface area contributed by atoms with Crippen LogP contribution >= 0.6 is 0 Å². The van der Waals surface area contributed by atoms with Crippen molar-refractivity contribution < 1.29 is 4.79 Å². The van der Waals surface area contributed by atoms with Gasteiger partial charge in [0.15, 0.2) is 5.82 Å². The number of carbonyl (C=O) groups excluding carboxylic acids is 1. The van der Waals surface area contributed by atoms with Crippen molar-refractivity contribution in [2.75, 3.05) is 14.1 Å². The average molecular weight is 457 g/mol. The number of carbonyl (C=O) groups is 1. The fourth-order valence-electron chi connectivity index (χ4n) is 3.53. The highest BCUT2D eigenvalue weighted by atomic mass is 16.1. The molecule has 0 bridgehead atoms. The van der Waals surface area contributed by atoms with E-state index in [0.717, 1.165) is 11.1 Å². The topological polar surface area (TPSA) is 102 Å². The molecule has 1 N–H and O–H groups in total. The lowest BCUT2D eigenvalue weighted by Crippen LogP contribution is -2.27. The average Bonchev–Trinajstić information content (AvgIpc) is 3.34. The maximum absolute atomic E-state index is 13.3. The molecule has 4 aromatic rings. The Bertz CT molecular complexity index is 1270. The first kappa shape index (κ1) is 23.2. The highest BCUT2D eigenvalue weighted by Crippen LogP contribution is 2.27. The minimum absolute atomic E-state index is 0.0213. The van der Waals surface area contributed by atoms with Crippen LogP contribution in [0.5, 0.6) is 0 Å². The van der Waals surface area contributed by atoms with Gasteiger partial charge in [-0.25, -0.2) is 0 Å². The Balaban J connectivity index is 1.76. The lowest BCUT2D eigenvalue weighted by atomic mass is 10.00. The van der Waals surface area contributed by atoms with Crippen LogP contribution in [0.2, 0.25) is 0 Å². The van der Waals surface area contributed by atoms with E-state index in [1.807, 2.05) is 64.0 Å². The molecular weight excluding hydrogens is 428 g/mol. The summed E-state index contributed by atoms with van der Waals surface area (Å²) in [6.45, 7) is 5.95. The summed E-state index contributed by atoms with van der Waals surface area (Å²) in [6.07, 6.45) is 4.86. The number of amides is 1. The molecule has 34 heavy (non-hydrogen) atoms. The van der Waals surface area contributed by atoms with Gasteiger partial charge in [0.1, 0.15) is 0 Å². The zero-order chi connectivity index (χ0) is 24.2. The fourth-order valence-corrected chi connectivity index (χ4v) is 3.53. The van der Waals surface area contributed by atoms with Crippen LogP contribution in [-0.2, 0) is 0 Å². The molecule has 174 valence electrons. The molecule has 1 amide bonds. The molecule has 0 saturated heterocycles. The molecule has 0 aliphatic carbocycles. The van der Waals surface area contributed by atoms with E-state index >= 15 is 0 Å². The lowest BCUT2D eigenvalue weighted by Gasteiger charge is -2.19. The van der Waals surface area contributed by atoms with Crippen molar-refractivity contribution in [2.45, 2.75) is 32.9 Å². The number of nitrogens with one attached hydrogen (secondary N) is 1. The largest absolute Gasteiger partial charge is 0.344 e. The quantitative estimate of drug-likeness (QED) is 0.454. The number of benzene rings is 2. The Morgan fingerprint density at radius 1 is 1.03 bits per heavy atom. The second-order valence-corrected chi connectivity index (χ2v) is 8.55. The maximum atomic E-state index is 13.3. The third-order valence-corrected chi connectivity index (χ3v) is 5.83. The molecule has 9 nitrogen and oxygen atoms in total. The number of aromatic nitrogens is 6. The second kappa shape index (κ2) is 9.88. The van der Waals surface area contributed by atoms with Crippen molar-refractivity contribution in [3.8, 4) is 16.8 Å². The molecule has 2 heterocycles. The van der Waals surface area contributed by atoms with Crippen molar-refractivity contribution in [3.05, 3.63) is 83.7 Å². The van der Waals surface area contributed by atoms with Crippen molar-refractivity contribution in [3.63, 3.8) is 0 Å². The summed E-state index contributed by atoms with van der Waals surface area (Å²) in [6, 6.07) is 13.5. The molecule has 0 aliphatic heterocycles. The van der Waals surface area contributed by atoms with Crippen LogP contribution in [0.4, 0.5) is 0 Å². The third kappa shape index (κ3) is 4.99. The van der Waals surface area contributed by atoms with Crippen LogP contribution in [-0.4, -0.2) is 55.1 Å². The fraction of sp³-hybridized carbons (Fsp3) is 0.280. The molecule has 0 radical (unpaired) electrons. The Labute approximate surface area is 198 Å². The first-order valence-corrected chi connectivity index (χ1v) is 11.1. The van der Waals surface area contributed by atoms with Crippen LogP contribution in [0.1, 0.15) is 53.4 Å². The van der Waals surface area contributed by atoms with Crippen LogP contribution in [0.3, 0.4) is 0 Å². The number of hydrogen-bond donors (Lipinski definition) is 1.